The van der Waals surface area contributed by atoms with Gasteiger partial charge in [0, 0.05) is 17.1 Å². The molecule has 0 atom stereocenters. The van der Waals surface area contributed by atoms with Crippen molar-refractivity contribution in [2.24, 2.45) is 0 Å². The smallest absolute Gasteiger partial charge is 0.328 e. The lowest BCUT2D eigenvalue weighted by Gasteiger charge is -2.04. The molecule has 0 aliphatic rings. The zero-order chi connectivity index (χ0) is 15.0. The highest BCUT2D eigenvalue weighted by Crippen LogP contribution is 2.21. The van der Waals surface area contributed by atoms with Crippen LogP contribution in [0.25, 0.3) is 11.0 Å². The van der Waals surface area contributed by atoms with E-state index in [0.717, 1.165) is 0 Å². The molecule has 3 rings (SSSR count). The highest BCUT2D eigenvalue weighted by Gasteiger charge is 2.14. The number of furan rings is 1. The first-order valence-electron chi connectivity index (χ1n) is 6.36. The third-order valence-corrected chi connectivity index (χ3v) is 3.28. The third-order valence-electron chi connectivity index (χ3n) is 3.28. The monoisotopic (exact) mass is 284 g/mol. The van der Waals surface area contributed by atoms with E-state index < -0.39 is 11.2 Å². The average Bonchev–Trinajstić information content (AvgIpc) is 2.88. The SMILES string of the molecule is Cc1cn(CC(=O)c2coc3ccccc23)c(=O)[nH]c1=O. The zero-order valence-corrected chi connectivity index (χ0v) is 11.3. The molecule has 21 heavy (non-hydrogen) atoms. The number of benzene rings is 1. The Labute approximate surface area is 118 Å². The molecule has 0 radical (unpaired) electrons. The summed E-state index contributed by atoms with van der Waals surface area (Å²) in [5, 5.41) is 0.705. The standard InChI is InChI=1S/C15H12N2O4/c1-9-6-17(15(20)16-14(9)19)7-12(18)11-8-21-13-5-3-2-4-10(11)13/h2-6,8H,7H2,1H3,(H,16,19,20). The minimum atomic E-state index is -0.605. The van der Waals surface area contributed by atoms with Crippen molar-refractivity contribution in [2.75, 3.05) is 0 Å². The molecule has 2 aromatic heterocycles. The van der Waals surface area contributed by atoms with E-state index in [4.69, 9.17) is 4.42 Å². The van der Waals surface area contributed by atoms with Gasteiger partial charge in [0.2, 0.25) is 0 Å². The van der Waals surface area contributed by atoms with Gasteiger partial charge in [-0.05, 0) is 13.0 Å². The molecule has 0 aliphatic heterocycles. The molecule has 0 saturated heterocycles. The van der Waals surface area contributed by atoms with E-state index in [9.17, 15) is 14.4 Å². The first-order valence-corrected chi connectivity index (χ1v) is 6.36. The topological polar surface area (TPSA) is 85.1 Å². The molecule has 0 saturated carbocycles. The Morgan fingerprint density at radius 3 is 2.86 bits per heavy atom. The van der Waals surface area contributed by atoms with E-state index in [1.54, 1.807) is 19.1 Å². The van der Waals surface area contributed by atoms with Crippen LogP contribution in [0.4, 0.5) is 0 Å². The number of nitrogens with one attached hydrogen (secondary N) is 1. The Morgan fingerprint density at radius 2 is 2.05 bits per heavy atom. The minimum Gasteiger partial charge on any atom is -0.464 e. The Morgan fingerprint density at radius 1 is 1.29 bits per heavy atom. The summed E-state index contributed by atoms with van der Waals surface area (Å²) in [4.78, 5) is 37.5. The van der Waals surface area contributed by atoms with E-state index in [0.29, 0.717) is 22.1 Å². The molecule has 3 aromatic rings. The van der Waals surface area contributed by atoms with Crippen molar-refractivity contribution in [2.45, 2.75) is 13.5 Å². The van der Waals surface area contributed by atoms with Crippen LogP contribution in [0.2, 0.25) is 0 Å². The summed E-state index contributed by atoms with van der Waals surface area (Å²) in [6.07, 6.45) is 2.76. The number of Topliss-reactive ketones (excluding diaryl/α,β-unsaturated/α-hetero) is 1. The van der Waals surface area contributed by atoms with E-state index >= 15 is 0 Å². The summed E-state index contributed by atoms with van der Waals surface area (Å²) < 4.78 is 6.50. The van der Waals surface area contributed by atoms with Gasteiger partial charge in [-0.2, -0.15) is 0 Å². The highest BCUT2D eigenvalue weighted by molar-refractivity contribution is 6.06. The number of hydrogen-bond donors (Lipinski definition) is 1. The molecule has 0 spiro atoms. The Kier molecular flexibility index (Phi) is 3.06. The lowest BCUT2D eigenvalue weighted by molar-refractivity contribution is 0.0971. The van der Waals surface area contributed by atoms with Crippen LogP contribution in [-0.2, 0) is 6.54 Å². The molecule has 2 heterocycles. The van der Waals surface area contributed by atoms with Gasteiger partial charge in [-0.1, -0.05) is 18.2 Å². The number of aromatic nitrogens is 2. The Hall–Kier alpha value is -2.89. The van der Waals surface area contributed by atoms with Gasteiger partial charge in [0.15, 0.2) is 5.78 Å². The predicted molar refractivity (Wildman–Crippen MR) is 76.6 cm³/mol. The number of ketones is 1. The molecular formula is C15H12N2O4. The predicted octanol–water partition coefficient (Wildman–Crippen LogP) is 1.47. The molecule has 1 N–H and O–H groups in total. The van der Waals surface area contributed by atoms with Crippen molar-refractivity contribution in [3.05, 3.63) is 68.7 Å². The summed E-state index contributed by atoms with van der Waals surface area (Å²) in [6, 6.07) is 7.18. The first kappa shape index (κ1) is 13.1. The first-order chi connectivity index (χ1) is 10.1. The van der Waals surface area contributed by atoms with Crippen molar-refractivity contribution in [3.8, 4) is 0 Å². The molecule has 0 aliphatic carbocycles. The molecule has 0 amide bonds. The Bertz CT molecular complexity index is 946. The largest absolute Gasteiger partial charge is 0.464 e. The van der Waals surface area contributed by atoms with Crippen LogP contribution in [-0.4, -0.2) is 15.3 Å². The van der Waals surface area contributed by atoms with Crippen molar-refractivity contribution < 1.29 is 9.21 Å². The fourth-order valence-corrected chi connectivity index (χ4v) is 2.17. The average molecular weight is 284 g/mol. The van der Waals surface area contributed by atoms with Gasteiger partial charge in [-0.3, -0.25) is 19.1 Å². The molecule has 0 bridgehead atoms. The highest BCUT2D eigenvalue weighted by atomic mass is 16.3. The van der Waals surface area contributed by atoms with Gasteiger partial charge >= 0.3 is 5.69 Å². The molecular weight excluding hydrogens is 272 g/mol. The maximum Gasteiger partial charge on any atom is 0.328 e. The number of fused-ring (bicyclic) bond motifs is 1. The fraction of sp³-hybridized carbons (Fsp3) is 0.133. The van der Waals surface area contributed by atoms with Gasteiger partial charge in [-0.25, -0.2) is 4.79 Å². The van der Waals surface area contributed by atoms with Crippen molar-refractivity contribution in [1.82, 2.24) is 9.55 Å². The van der Waals surface area contributed by atoms with E-state index in [2.05, 4.69) is 4.98 Å². The van der Waals surface area contributed by atoms with Crippen LogP contribution in [0.5, 0.6) is 0 Å². The van der Waals surface area contributed by atoms with Crippen molar-refractivity contribution >= 4 is 16.8 Å². The summed E-state index contributed by atoms with van der Waals surface area (Å²) in [6.45, 7) is 1.42. The molecule has 1 aromatic carbocycles. The molecule has 0 fully saturated rings. The minimum absolute atomic E-state index is 0.153. The zero-order valence-electron chi connectivity index (χ0n) is 11.3. The lowest BCUT2D eigenvalue weighted by Crippen LogP contribution is -2.32. The molecule has 6 nitrogen and oxygen atoms in total. The second-order valence-corrected chi connectivity index (χ2v) is 4.77. The second kappa shape index (κ2) is 4.90. The van der Waals surface area contributed by atoms with Crippen molar-refractivity contribution in [1.29, 1.82) is 0 Å². The van der Waals surface area contributed by atoms with E-state index in [1.165, 1.54) is 17.0 Å². The van der Waals surface area contributed by atoms with E-state index in [1.807, 2.05) is 12.1 Å². The Balaban J connectivity index is 1.99. The maximum absolute atomic E-state index is 12.3. The van der Waals surface area contributed by atoms with Crippen molar-refractivity contribution in [3.63, 3.8) is 0 Å². The van der Waals surface area contributed by atoms with Gasteiger partial charge in [0.1, 0.15) is 11.8 Å². The number of aryl methyl sites for hydroxylation is 1. The van der Waals surface area contributed by atoms with Crippen LogP contribution in [0.3, 0.4) is 0 Å². The third kappa shape index (κ3) is 2.31. The van der Waals surface area contributed by atoms with Crippen LogP contribution in [0.15, 0.2) is 50.7 Å². The number of carbonyl (C=O) groups is 1. The number of nitrogens with zero attached hydrogens (tertiary/aromatic N) is 1. The molecule has 6 heteroatoms. The van der Waals surface area contributed by atoms with Gasteiger partial charge in [0.05, 0.1) is 12.1 Å². The number of aromatic amines is 1. The number of para-hydroxylation sites is 1. The van der Waals surface area contributed by atoms with Crippen LogP contribution in [0, 0.1) is 6.92 Å². The summed E-state index contributed by atoms with van der Waals surface area (Å²) in [5.74, 6) is -0.256. The number of hydrogen-bond acceptors (Lipinski definition) is 4. The van der Waals surface area contributed by atoms with Crippen LogP contribution < -0.4 is 11.2 Å². The second-order valence-electron chi connectivity index (χ2n) is 4.77. The molecule has 0 unspecified atom stereocenters. The maximum atomic E-state index is 12.3. The quantitative estimate of drug-likeness (QED) is 0.738. The van der Waals surface area contributed by atoms with Gasteiger partial charge in [0.25, 0.3) is 5.56 Å². The summed E-state index contributed by atoms with van der Waals surface area (Å²) in [7, 11) is 0. The normalized spacial score (nSPS) is 10.9. The lowest BCUT2D eigenvalue weighted by atomic mass is 10.1. The van der Waals surface area contributed by atoms with Crippen LogP contribution in [0.1, 0.15) is 15.9 Å². The molecule has 106 valence electrons. The van der Waals surface area contributed by atoms with E-state index in [-0.39, 0.29) is 12.3 Å². The van der Waals surface area contributed by atoms with Crippen LogP contribution >= 0.6 is 0 Å². The fourth-order valence-electron chi connectivity index (χ4n) is 2.17. The van der Waals surface area contributed by atoms with Gasteiger partial charge in [-0.15, -0.1) is 0 Å². The van der Waals surface area contributed by atoms with Gasteiger partial charge < -0.3 is 4.42 Å². The summed E-state index contributed by atoms with van der Waals surface area (Å²) >= 11 is 0. The number of rotatable bonds is 3. The summed E-state index contributed by atoms with van der Waals surface area (Å²) in [5.41, 5.74) is 0.357. The number of H-pyrrole nitrogens is 1. The number of carbonyl (C=O) groups excluding carboxylic acids is 1.